The molecule has 2 aromatic carbocycles. The van der Waals surface area contributed by atoms with Gasteiger partial charge < -0.3 is 5.32 Å². The lowest BCUT2D eigenvalue weighted by atomic mass is 9.86. The van der Waals surface area contributed by atoms with Crippen LogP contribution in [-0.4, -0.2) is 4.98 Å². The van der Waals surface area contributed by atoms with Gasteiger partial charge in [0.05, 0.1) is 5.52 Å². The van der Waals surface area contributed by atoms with E-state index in [1.54, 1.807) is 0 Å². The molecule has 106 valence electrons. The van der Waals surface area contributed by atoms with Crippen LogP contribution in [-0.2, 0) is 5.41 Å². The number of pyridine rings is 1. The fraction of sp³-hybridized carbons (Fsp3) is 0.211. The highest BCUT2D eigenvalue weighted by atomic mass is 14.9. The van der Waals surface area contributed by atoms with Crippen molar-refractivity contribution in [2.45, 2.75) is 26.2 Å². The first-order valence-corrected chi connectivity index (χ1v) is 7.25. The highest BCUT2D eigenvalue weighted by Gasteiger charge is 2.14. The van der Waals surface area contributed by atoms with E-state index in [-0.39, 0.29) is 5.41 Å². The summed E-state index contributed by atoms with van der Waals surface area (Å²) in [6.07, 6.45) is 1.86. The largest absolute Gasteiger partial charge is 0.355 e. The Bertz CT molecular complexity index is 755. The fourth-order valence-corrected chi connectivity index (χ4v) is 2.40. The average Bonchev–Trinajstić information content (AvgIpc) is 2.47. The van der Waals surface area contributed by atoms with Gasteiger partial charge in [0, 0.05) is 23.0 Å². The standard InChI is InChI=1S/C19H20N2/c1-19(2,3)14-9-10-16-17(11-12-20-18(16)13-14)21-15-7-5-4-6-8-15/h4-13H,1-3H3,(H,20,21). The highest BCUT2D eigenvalue weighted by Crippen LogP contribution is 2.29. The van der Waals surface area contributed by atoms with Crippen molar-refractivity contribution < 1.29 is 0 Å². The molecule has 0 aliphatic rings. The smallest absolute Gasteiger partial charge is 0.0725 e. The van der Waals surface area contributed by atoms with Gasteiger partial charge in [-0.1, -0.05) is 51.1 Å². The van der Waals surface area contributed by atoms with Crippen LogP contribution in [0.2, 0.25) is 0 Å². The van der Waals surface area contributed by atoms with Crippen LogP contribution in [0.15, 0.2) is 60.8 Å². The SMILES string of the molecule is CC(C)(C)c1ccc2c(Nc3ccccc3)ccnc2c1. The van der Waals surface area contributed by atoms with Gasteiger partial charge in [-0.15, -0.1) is 0 Å². The molecular weight excluding hydrogens is 256 g/mol. The summed E-state index contributed by atoms with van der Waals surface area (Å²) in [6, 6.07) is 18.8. The van der Waals surface area contributed by atoms with E-state index < -0.39 is 0 Å². The lowest BCUT2D eigenvalue weighted by Crippen LogP contribution is -2.10. The Hall–Kier alpha value is -2.35. The summed E-state index contributed by atoms with van der Waals surface area (Å²) in [4.78, 5) is 4.52. The molecule has 0 atom stereocenters. The number of hydrogen-bond donors (Lipinski definition) is 1. The number of rotatable bonds is 2. The van der Waals surface area contributed by atoms with Crippen molar-refractivity contribution >= 4 is 22.3 Å². The van der Waals surface area contributed by atoms with Gasteiger partial charge in [-0.2, -0.15) is 0 Å². The molecule has 3 aromatic rings. The zero-order valence-electron chi connectivity index (χ0n) is 12.7. The normalized spacial score (nSPS) is 11.6. The second kappa shape index (κ2) is 5.21. The van der Waals surface area contributed by atoms with Crippen LogP contribution in [0.5, 0.6) is 0 Å². The molecule has 0 saturated carbocycles. The average molecular weight is 276 g/mol. The maximum atomic E-state index is 4.52. The minimum Gasteiger partial charge on any atom is -0.355 e. The molecule has 1 aromatic heterocycles. The zero-order valence-corrected chi connectivity index (χ0v) is 12.7. The van der Waals surface area contributed by atoms with Crippen molar-refractivity contribution in [3.05, 3.63) is 66.4 Å². The van der Waals surface area contributed by atoms with E-state index in [1.165, 1.54) is 5.56 Å². The van der Waals surface area contributed by atoms with Crippen molar-refractivity contribution in [1.29, 1.82) is 0 Å². The Morgan fingerprint density at radius 1 is 0.905 bits per heavy atom. The van der Waals surface area contributed by atoms with Crippen LogP contribution >= 0.6 is 0 Å². The van der Waals surface area contributed by atoms with Crippen LogP contribution in [0.1, 0.15) is 26.3 Å². The summed E-state index contributed by atoms with van der Waals surface area (Å²) >= 11 is 0. The second-order valence-corrected chi connectivity index (χ2v) is 6.33. The van der Waals surface area contributed by atoms with Crippen LogP contribution in [0.4, 0.5) is 11.4 Å². The number of fused-ring (bicyclic) bond motifs is 1. The summed E-state index contributed by atoms with van der Waals surface area (Å²) in [5.74, 6) is 0. The van der Waals surface area contributed by atoms with Gasteiger partial charge in [-0.3, -0.25) is 4.98 Å². The number of para-hydroxylation sites is 1. The molecule has 0 radical (unpaired) electrons. The monoisotopic (exact) mass is 276 g/mol. The van der Waals surface area contributed by atoms with Gasteiger partial charge in [-0.25, -0.2) is 0 Å². The van der Waals surface area contributed by atoms with Gasteiger partial charge in [0.2, 0.25) is 0 Å². The maximum absolute atomic E-state index is 4.52. The maximum Gasteiger partial charge on any atom is 0.0725 e. The summed E-state index contributed by atoms with van der Waals surface area (Å²) in [5.41, 5.74) is 4.65. The van der Waals surface area contributed by atoms with Crippen LogP contribution < -0.4 is 5.32 Å². The molecule has 0 fully saturated rings. The molecule has 1 heterocycles. The van der Waals surface area contributed by atoms with E-state index >= 15 is 0 Å². The van der Waals surface area contributed by atoms with E-state index in [4.69, 9.17) is 0 Å². The predicted molar refractivity (Wildman–Crippen MR) is 90.2 cm³/mol. The molecule has 0 saturated heterocycles. The molecule has 21 heavy (non-hydrogen) atoms. The van der Waals surface area contributed by atoms with E-state index in [1.807, 2.05) is 30.5 Å². The highest BCUT2D eigenvalue weighted by molar-refractivity contribution is 5.93. The Morgan fingerprint density at radius 3 is 2.38 bits per heavy atom. The molecule has 1 N–H and O–H groups in total. The third kappa shape index (κ3) is 2.89. The van der Waals surface area contributed by atoms with Crippen molar-refractivity contribution in [3.8, 4) is 0 Å². The Labute approximate surface area is 125 Å². The van der Waals surface area contributed by atoms with Gasteiger partial charge >= 0.3 is 0 Å². The Morgan fingerprint density at radius 2 is 1.67 bits per heavy atom. The molecule has 0 bridgehead atoms. The van der Waals surface area contributed by atoms with Crippen molar-refractivity contribution in [3.63, 3.8) is 0 Å². The van der Waals surface area contributed by atoms with Crippen LogP contribution in [0, 0.1) is 0 Å². The summed E-state index contributed by atoms with van der Waals surface area (Å²) in [6.45, 7) is 6.67. The summed E-state index contributed by atoms with van der Waals surface area (Å²) in [7, 11) is 0. The van der Waals surface area contributed by atoms with E-state index in [2.05, 4.69) is 61.4 Å². The molecule has 0 amide bonds. The fourth-order valence-electron chi connectivity index (χ4n) is 2.40. The minimum absolute atomic E-state index is 0.138. The second-order valence-electron chi connectivity index (χ2n) is 6.33. The lowest BCUT2D eigenvalue weighted by molar-refractivity contribution is 0.591. The van der Waals surface area contributed by atoms with E-state index in [0.29, 0.717) is 0 Å². The number of hydrogen-bond acceptors (Lipinski definition) is 2. The summed E-state index contributed by atoms with van der Waals surface area (Å²) in [5, 5.41) is 4.61. The number of aromatic nitrogens is 1. The third-order valence-corrected chi connectivity index (χ3v) is 3.66. The predicted octanol–water partition coefficient (Wildman–Crippen LogP) is 5.28. The zero-order chi connectivity index (χ0) is 14.9. The number of nitrogens with zero attached hydrogens (tertiary/aromatic N) is 1. The molecular formula is C19H20N2. The molecule has 3 rings (SSSR count). The molecule has 0 spiro atoms. The van der Waals surface area contributed by atoms with Gasteiger partial charge in [0.1, 0.15) is 0 Å². The molecule has 2 heteroatoms. The van der Waals surface area contributed by atoms with Crippen molar-refractivity contribution in [2.24, 2.45) is 0 Å². The molecule has 0 aliphatic heterocycles. The Balaban J connectivity index is 2.05. The first kappa shape index (κ1) is 13.6. The first-order valence-electron chi connectivity index (χ1n) is 7.25. The van der Waals surface area contributed by atoms with Gasteiger partial charge in [0.25, 0.3) is 0 Å². The molecule has 0 aliphatic carbocycles. The van der Waals surface area contributed by atoms with Crippen molar-refractivity contribution in [2.75, 3.05) is 5.32 Å². The van der Waals surface area contributed by atoms with E-state index in [0.717, 1.165) is 22.3 Å². The lowest BCUT2D eigenvalue weighted by Gasteiger charge is -2.19. The first-order chi connectivity index (χ1) is 10.0. The van der Waals surface area contributed by atoms with Gasteiger partial charge in [0.15, 0.2) is 0 Å². The van der Waals surface area contributed by atoms with Crippen LogP contribution in [0.25, 0.3) is 10.9 Å². The quantitative estimate of drug-likeness (QED) is 0.689. The minimum atomic E-state index is 0.138. The topological polar surface area (TPSA) is 24.9 Å². The number of anilines is 2. The molecule has 2 nitrogen and oxygen atoms in total. The van der Waals surface area contributed by atoms with Crippen molar-refractivity contribution in [1.82, 2.24) is 4.98 Å². The van der Waals surface area contributed by atoms with Gasteiger partial charge in [-0.05, 0) is 35.2 Å². The number of nitrogens with one attached hydrogen (secondary N) is 1. The third-order valence-electron chi connectivity index (χ3n) is 3.66. The number of benzene rings is 2. The molecule has 0 unspecified atom stereocenters. The Kier molecular flexibility index (Phi) is 3.38. The van der Waals surface area contributed by atoms with E-state index in [9.17, 15) is 0 Å². The summed E-state index contributed by atoms with van der Waals surface area (Å²) < 4.78 is 0. The van der Waals surface area contributed by atoms with Crippen LogP contribution in [0.3, 0.4) is 0 Å².